The number of nitrogens with zero attached hydrogens (tertiary/aromatic N) is 2. The Morgan fingerprint density at radius 3 is 2.34 bits per heavy atom. The zero-order valence-electron chi connectivity index (χ0n) is 16.1. The Morgan fingerprint density at radius 1 is 1.19 bits per heavy atom. The molecule has 2 aromatic heterocycles. The molecule has 0 aliphatic heterocycles. The van der Waals surface area contributed by atoms with Crippen molar-refractivity contribution in [2.75, 3.05) is 0 Å². The third-order valence-electron chi connectivity index (χ3n) is 4.64. The van der Waals surface area contributed by atoms with Crippen LogP contribution in [0.4, 0.5) is 13.2 Å². The van der Waals surface area contributed by atoms with Crippen molar-refractivity contribution in [1.82, 2.24) is 14.3 Å². The number of pyridine rings is 1. The molecule has 0 aliphatic carbocycles. The first-order valence-corrected chi connectivity index (χ1v) is 10.4. The van der Waals surface area contributed by atoms with Crippen LogP contribution in [0.25, 0.3) is 11.3 Å². The molecule has 0 unspecified atom stereocenters. The van der Waals surface area contributed by atoms with E-state index in [-0.39, 0.29) is 38.0 Å². The zero-order chi connectivity index (χ0) is 24.0. The van der Waals surface area contributed by atoms with E-state index in [9.17, 15) is 32.7 Å². The molecule has 3 rings (SSSR count). The number of carboxylic acids is 1. The summed E-state index contributed by atoms with van der Waals surface area (Å²) in [5, 5.41) is 12.0. The zero-order valence-corrected chi connectivity index (χ0v) is 19.2. The van der Waals surface area contributed by atoms with Crippen LogP contribution in [0.1, 0.15) is 28.7 Å². The van der Waals surface area contributed by atoms with E-state index >= 15 is 0 Å². The van der Waals surface area contributed by atoms with E-state index < -0.39 is 40.9 Å². The van der Waals surface area contributed by atoms with E-state index in [0.717, 1.165) is 0 Å². The van der Waals surface area contributed by atoms with Crippen LogP contribution in [0.2, 0.25) is 10.0 Å². The molecule has 2 N–H and O–H groups in total. The van der Waals surface area contributed by atoms with Crippen molar-refractivity contribution in [3.63, 3.8) is 0 Å². The number of alkyl halides is 3. The van der Waals surface area contributed by atoms with Crippen molar-refractivity contribution in [1.29, 1.82) is 0 Å². The highest BCUT2D eigenvalue weighted by Gasteiger charge is 2.34. The first kappa shape index (κ1) is 24.1. The lowest BCUT2D eigenvalue weighted by molar-refractivity contribution is -0.141. The number of rotatable bonds is 5. The van der Waals surface area contributed by atoms with Crippen LogP contribution in [0.15, 0.2) is 38.3 Å². The first-order valence-electron chi connectivity index (χ1n) is 8.87. The molecule has 32 heavy (non-hydrogen) atoms. The van der Waals surface area contributed by atoms with Gasteiger partial charge in [-0.1, -0.05) is 29.3 Å². The van der Waals surface area contributed by atoms with Gasteiger partial charge in [-0.15, -0.1) is 0 Å². The van der Waals surface area contributed by atoms with Gasteiger partial charge < -0.3 is 9.67 Å². The molecule has 0 fully saturated rings. The van der Waals surface area contributed by atoms with Gasteiger partial charge in [0.15, 0.2) is 0 Å². The van der Waals surface area contributed by atoms with Crippen molar-refractivity contribution >= 4 is 45.1 Å². The molecule has 0 radical (unpaired) electrons. The fraction of sp³-hybridized carbons (Fsp3) is 0.211. The molecule has 1 aromatic carbocycles. The number of carboxylic acid groups (broad SMARTS) is 1. The molecule has 0 aliphatic rings. The van der Waals surface area contributed by atoms with Crippen molar-refractivity contribution in [2.45, 2.75) is 26.2 Å². The number of hydrogen-bond acceptors (Lipinski definition) is 3. The molecule has 13 heteroatoms. The summed E-state index contributed by atoms with van der Waals surface area (Å²) in [7, 11) is 0. The highest BCUT2D eigenvalue weighted by Crippen LogP contribution is 2.32. The molecule has 0 saturated carbocycles. The molecule has 170 valence electrons. The molecule has 7 nitrogen and oxygen atoms in total. The van der Waals surface area contributed by atoms with E-state index in [1.165, 1.54) is 22.8 Å². The van der Waals surface area contributed by atoms with Crippen LogP contribution >= 0.6 is 39.1 Å². The van der Waals surface area contributed by atoms with Crippen LogP contribution in [0.5, 0.6) is 0 Å². The minimum Gasteiger partial charge on any atom is -0.477 e. The lowest BCUT2D eigenvalue weighted by atomic mass is 10.0. The van der Waals surface area contributed by atoms with Crippen LogP contribution in [-0.4, -0.2) is 25.4 Å². The summed E-state index contributed by atoms with van der Waals surface area (Å²) in [6, 6.07) is 4.65. The van der Waals surface area contributed by atoms with Gasteiger partial charge in [-0.25, -0.2) is 9.48 Å². The lowest BCUT2D eigenvalue weighted by Gasteiger charge is -2.21. The summed E-state index contributed by atoms with van der Waals surface area (Å²) >= 11 is 15.1. The number of carbonyl (C=O) groups is 1. The number of nitrogens with one attached hydrogen (secondary N) is 1. The molecule has 0 bridgehead atoms. The summed E-state index contributed by atoms with van der Waals surface area (Å²) in [6.07, 6.45) is -4.77. The smallest absolute Gasteiger partial charge is 0.432 e. The largest absolute Gasteiger partial charge is 0.477 e. The third kappa shape index (κ3) is 4.37. The normalized spacial score (nSPS) is 11.7. The Labute approximate surface area is 196 Å². The Bertz CT molecular complexity index is 1350. The predicted octanol–water partition coefficient (Wildman–Crippen LogP) is 4.86. The minimum absolute atomic E-state index is 0.0302. The van der Waals surface area contributed by atoms with Crippen molar-refractivity contribution in [3.8, 4) is 11.3 Å². The average Bonchev–Trinajstić information content (AvgIpc) is 3.08. The summed E-state index contributed by atoms with van der Waals surface area (Å²) in [4.78, 5) is 37.0. The summed E-state index contributed by atoms with van der Waals surface area (Å²) in [5.41, 5.74) is -3.41. The number of H-pyrrole nitrogens is 1. The molecular weight excluding hydrogens is 542 g/mol. The average molecular weight is 555 g/mol. The minimum atomic E-state index is -4.77. The van der Waals surface area contributed by atoms with Gasteiger partial charge in [-0.3, -0.25) is 14.7 Å². The highest BCUT2D eigenvalue weighted by molar-refractivity contribution is 9.10. The Hall–Kier alpha value is -2.50. The third-order valence-corrected chi connectivity index (χ3v) is 6.19. The lowest BCUT2D eigenvalue weighted by Crippen LogP contribution is -2.28. The van der Waals surface area contributed by atoms with Crippen LogP contribution in [0, 0.1) is 0 Å². The van der Waals surface area contributed by atoms with Gasteiger partial charge in [-0.2, -0.15) is 13.2 Å². The Kier molecular flexibility index (Phi) is 6.64. The number of aromatic amines is 1. The quantitative estimate of drug-likeness (QED) is 0.470. The van der Waals surface area contributed by atoms with Gasteiger partial charge in [-0.05, 0) is 35.0 Å². The summed E-state index contributed by atoms with van der Waals surface area (Å²) in [6.45, 7) is 1.30. The van der Waals surface area contributed by atoms with Gasteiger partial charge >= 0.3 is 12.1 Å². The second kappa shape index (κ2) is 8.80. The fourth-order valence-corrected chi connectivity index (χ4v) is 4.06. The van der Waals surface area contributed by atoms with Gasteiger partial charge in [0.05, 0.1) is 32.5 Å². The van der Waals surface area contributed by atoms with Crippen LogP contribution in [0.3, 0.4) is 0 Å². The molecule has 0 saturated heterocycles. The molecule has 3 aromatic rings. The number of hydrogen-bond donors (Lipinski definition) is 2. The maximum Gasteiger partial charge on any atom is 0.432 e. The van der Waals surface area contributed by atoms with E-state index in [4.69, 9.17) is 23.2 Å². The monoisotopic (exact) mass is 553 g/mol. The number of benzene rings is 1. The Morgan fingerprint density at radius 2 is 1.84 bits per heavy atom. The molecular formula is C19H13BrCl2F3N3O4. The summed E-state index contributed by atoms with van der Waals surface area (Å²) < 4.78 is 40.8. The van der Waals surface area contributed by atoms with Crippen molar-refractivity contribution in [3.05, 3.63) is 76.3 Å². The number of aromatic carboxylic acids is 1. The molecule has 0 amide bonds. The standard InChI is InChI=1S/C19H13BrCl2F3N3O4/c1-2-27-11(7-28-13(29)6-12(26-28)19(23,24)25)15(20)17(30)14(18(31)32)16(27)8-3-4-9(21)10(22)5-8/h3-6,26H,2,7H2,1H3,(H,31,32). The maximum absolute atomic E-state index is 13.0. The molecule has 2 heterocycles. The summed E-state index contributed by atoms with van der Waals surface area (Å²) in [5.74, 6) is -1.51. The molecule has 0 spiro atoms. The number of aromatic nitrogens is 3. The van der Waals surface area contributed by atoms with E-state index in [2.05, 4.69) is 15.9 Å². The van der Waals surface area contributed by atoms with E-state index in [1.807, 2.05) is 5.10 Å². The second-order valence-electron chi connectivity index (χ2n) is 6.58. The fourth-order valence-electron chi connectivity index (χ4n) is 3.23. The highest BCUT2D eigenvalue weighted by atomic mass is 79.9. The van der Waals surface area contributed by atoms with Gasteiger partial charge in [0, 0.05) is 18.2 Å². The predicted molar refractivity (Wildman–Crippen MR) is 116 cm³/mol. The number of halogens is 6. The SMILES string of the molecule is CCn1c(Cn2[nH]c(C(F)(F)F)cc2=O)c(Br)c(=O)c(C(=O)O)c1-c1ccc(Cl)c(Cl)c1. The van der Waals surface area contributed by atoms with E-state index in [1.54, 1.807) is 6.92 Å². The second-order valence-corrected chi connectivity index (χ2v) is 8.19. The van der Waals surface area contributed by atoms with Crippen molar-refractivity contribution in [2.24, 2.45) is 0 Å². The van der Waals surface area contributed by atoms with E-state index in [0.29, 0.717) is 10.7 Å². The Balaban J connectivity index is 2.33. The van der Waals surface area contributed by atoms with Gasteiger partial charge in [0.2, 0.25) is 5.43 Å². The van der Waals surface area contributed by atoms with Crippen LogP contribution in [-0.2, 0) is 19.3 Å². The van der Waals surface area contributed by atoms with Gasteiger partial charge in [0.1, 0.15) is 11.3 Å². The first-order chi connectivity index (χ1) is 14.9. The topological polar surface area (TPSA) is 97.1 Å². The van der Waals surface area contributed by atoms with Crippen LogP contribution < -0.4 is 11.0 Å². The van der Waals surface area contributed by atoms with Gasteiger partial charge in [0.25, 0.3) is 5.56 Å². The maximum atomic E-state index is 13.0. The molecule has 0 atom stereocenters. The van der Waals surface area contributed by atoms with Crippen molar-refractivity contribution < 1.29 is 23.1 Å².